The van der Waals surface area contributed by atoms with Crippen molar-refractivity contribution in [2.45, 2.75) is 32.1 Å². The number of carbonyl (C=O) groups excluding carboxylic acids is 1. The molecule has 1 heterocycles. The summed E-state index contributed by atoms with van der Waals surface area (Å²) in [5.74, 6) is 1.14. The number of amidine groups is 1. The van der Waals surface area contributed by atoms with E-state index in [1.165, 1.54) is 12.8 Å². The molecule has 1 atom stereocenters. The van der Waals surface area contributed by atoms with E-state index in [2.05, 4.69) is 5.16 Å². The molecule has 1 saturated heterocycles. The predicted molar refractivity (Wildman–Crippen MR) is 60.1 cm³/mol. The van der Waals surface area contributed by atoms with Gasteiger partial charge in [0.25, 0.3) is 0 Å². The Balaban J connectivity index is 1.87. The van der Waals surface area contributed by atoms with E-state index in [1.807, 2.05) is 4.90 Å². The van der Waals surface area contributed by atoms with Crippen LogP contribution in [0.4, 0.5) is 0 Å². The van der Waals surface area contributed by atoms with Crippen LogP contribution in [0.25, 0.3) is 0 Å². The number of oxime groups is 1. The summed E-state index contributed by atoms with van der Waals surface area (Å²) >= 11 is 0. The summed E-state index contributed by atoms with van der Waals surface area (Å²) in [6, 6.07) is 0. The van der Waals surface area contributed by atoms with E-state index in [-0.39, 0.29) is 17.7 Å². The monoisotopic (exact) mass is 225 g/mol. The summed E-state index contributed by atoms with van der Waals surface area (Å²) in [7, 11) is 0. The molecule has 2 aliphatic rings. The Bertz CT molecular complexity index is 300. The quantitative estimate of drug-likeness (QED) is 0.322. The van der Waals surface area contributed by atoms with Crippen molar-refractivity contribution in [2.75, 3.05) is 13.1 Å². The first-order chi connectivity index (χ1) is 7.70. The molecule has 0 aromatic rings. The van der Waals surface area contributed by atoms with Crippen LogP contribution in [0.1, 0.15) is 32.1 Å². The van der Waals surface area contributed by atoms with Crippen molar-refractivity contribution in [3.05, 3.63) is 0 Å². The van der Waals surface area contributed by atoms with E-state index < -0.39 is 0 Å². The van der Waals surface area contributed by atoms with Gasteiger partial charge < -0.3 is 15.8 Å². The van der Waals surface area contributed by atoms with Gasteiger partial charge >= 0.3 is 0 Å². The lowest BCUT2D eigenvalue weighted by molar-refractivity contribution is -0.132. The highest BCUT2D eigenvalue weighted by Gasteiger charge is 2.30. The van der Waals surface area contributed by atoms with E-state index >= 15 is 0 Å². The third-order valence-electron chi connectivity index (χ3n) is 3.47. The number of nitrogens with zero attached hydrogens (tertiary/aromatic N) is 2. The molecule has 0 bridgehead atoms. The van der Waals surface area contributed by atoms with E-state index in [0.717, 1.165) is 19.4 Å². The standard InChI is InChI=1S/C11H19N3O2/c12-11(13-16)9-2-1-5-14(7-9)10(15)6-8-3-4-8/h8-9,16H,1-7H2,(H2,12,13). The lowest BCUT2D eigenvalue weighted by atomic mass is 9.96. The molecule has 5 heteroatoms. The van der Waals surface area contributed by atoms with Crippen LogP contribution in [0.2, 0.25) is 0 Å². The first-order valence-electron chi connectivity index (χ1n) is 5.96. The molecule has 3 N–H and O–H groups in total. The second-order valence-corrected chi connectivity index (χ2v) is 4.85. The topological polar surface area (TPSA) is 78.9 Å². The van der Waals surface area contributed by atoms with Crippen molar-refractivity contribution in [1.29, 1.82) is 0 Å². The Labute approximate surface area is 95.3 Å². The lowest BCUT2D eigenvalue weighted by Crippen LogP contribution is -2.44. The molecule has 2 rings (SSSR count). The minimum atomic E-state index is 0.0295. The maximum absolute atomic E-state index is 11.9. The molecule has 16 heavy (non-hydrogen) atoms. The van der Waals surface area contributed by atoms with Crippen molar-refractivity contribution in [3.63, 3.8) is 0 Å². The van der Waals surface area contributed by atoms with Gasteiger partial charge in [-0.05, 0) is 31.6 Å². The number of hydrogen-bond acceptors (Lipinski definition) is 3. The zero-order valence-corrected chi connectivity index (χ0v) is 9.43. The van der Waals surface area contributed by atoms with Gasteiger partial charge in [0.1, 0.15) is 5.84 Å². The van der Waals surface area contributed by atoms with Gasteiger partial charge in [-0.3, -0.25) is 4.79 Å². The molecule has 1 unspecified atom stereocenters. The minimum absolute atomic E-state index is 0.0295. The second-order valence-electron chi connectivity index (χ2n) is 4.85. The van der Waals surface area contributed by atoms with Crippen LogP contribution in [-0.4, -0.2) is 34.9 Å². The fourth-order valence-corrected chi connectivity index (χ4v) is 2.22. The Kier molecular flexibility index (Phi) is 3.31. The zero-order valence-electron chi connectivity index (χ0n) is 9.43. The van der Waals surface area contributed by atoms with Gasteiger partial charge in [-0.1, -0.05) is 5.16 Å². The van der Waals surface area contributed by atoms with Crippen molar-refractivity contribution in [2.24, 2.45) is 22.7 Å². The summed E-state index contributed by atoms with van der Waals surface area (Å²) in [4.78, 5) is 13.8. The third-order valence-corrected chi connectivity index (χ3v) is 3.47. The molecule has 1 saturated carbocycles. The van der Waals surface area contributed by atoms with Gasteiger partial charge in [-0.25, -0.2) is 0 Å². The highest BCUT2D eigenvalue weighted by molar-refractivity contribution is 5.84. The van der Waals surface area contributed by atoms with Gasteiger partial charge in [-0.15, -0.1) is 0 Å². The number of amides is 1. The van der Waals surface area contributed by atoms with Crippen LogP contribution in [0.15, 0.2) is 5.16 Å². The molecular formula is C11H19N3O2. The molecule has 0 spiro atoms. The van der Waals surface area contributed by atoms with Crippen molar-refractivity contribution in [1.82, 2.24) is 4.90 Å². The van der Waals surface area contributed by atoms with Gasteiger partial charge in [0, 0.05) is 25.4 Å². The molecule has 0 aromatic carbocycles. The molecular weight excluding hydrogens is 206 g/mol. The van der Waals surface area contributed by atoms with Crippen molar-refractivity contribution in [3.8, 4) is 0 Å². The Morgan fingerprint density at radius 2 is 2.19 bits per heavy atom. The summed E-state index contributed by atoms with van der Waals surface area (Å²) in [6.07, 6.45) is 4.93. The van der Waals surface area contributed by atoms with Crippen LogP contribution >= 0.6 is 0 Å². The number of likely N-dealkylation sites (tertiary alicyclic amines) is 1. The summed E-state index contributed by atoms with van der Waals surface area (Å²) in [6.45, 7) is 1.43. The number of nitrogens with two attached hydrogens (primary N) is 1. The maximum atomic E-state index is 11.9. The highest BCUT2D eigenvalue weighted by atomic mass is 16.4. The highest BCUT2D eigenvalue weighted by Crippen LogP contribution is 2.33. The zero-order chi connectivity index (χ0) is 11.5. The summed E-state index contributed by atoms with van der Waals surface area (Å²) in [5.41, 5.74) is 5.59. The fraction of sp³-hybridized carbons (Fsp3) is 0.818. The maximum Gasteiger partial charge on any atom is 0.222 e. The minimum Gasteiger partial charge on any atom is -0.409 e. The average molecular weight is 225 g/mol. The van der Waals surface area contributed by atoms with Gasteiger partial charge in [-0.2, -0.15) is 0 Å². The average Bonchev–Trinajstić information content (AvgIpc) is 3.12. The van der Waals surface area contributed by atoms with Crippen molar-refractivity contribution >= 4 is 11.7 Å². The van der Waals surface area contributed by atoms with E-state index in [0.29, 0.717) is 18.9 Å². The number of rotatable bonds is 3. The summed E-state index contributed by atoms with van der Waals surface area (Å²) < 4.78 is 0. The normalized spacial score (nSPS) is 26.9. The molecule has 5 nitrogen and oxygen atoms in total. The van der Waals surface area contributed by atoms with Crippen molar-refractivity contribution < 1.29 is 10.0 Å². The third kappa shape index (κ3) is 2.65. The van der Waals surface area contributed by atoms with Crippen LogP contribution < -0.4 is 5.73 Å². The lowest BCUT2D eigenvalue weighted by Gasteiger charge is -2.32. The van der Waals surface area contributed by atoms with E-state index in [4.69, 9.17) is 10.9 Å². The van der Waals surface area contributed by atoms with Gasteiger partial charge in [0.2, 0.25) is 5.91 Å². The second kappa shape index (κ2) is 4.72. The van der Waals surface area contributed by atoms with Crippen LogP contribution in [-0.2, 0) is 4.79 Å². The van der Waals surface area contributed by atoms with Gasteiger partial charge in [0.05, 0.1) is 0 Å². The van der Waals surface area contributed by atoms with E-state index in [9.17, 15) is 4.79 Å². The first kappa shape index (κ1) is 11.2. The molecule has 2 fully saturated rings. The first-order valence-corrected chi connectivity index (χ1v) is 5.96. The number of hydrogen-bond donors (Lipinski definition) is 2. The predicted octanol–water partition coefficient (Wildman–Crippen LogP) is 0.771. The molecule has 1 aliphatic carbocycles. The Morgan fingerprint density at radius 1 is 1.44 bits per heavy atom. The number of piperidine rings is 1. The SMILES string of the molecule is NC(=NO)C1CCCN(C(=O)CC2CC2)C1. The largest absolute Gasteiger partial charge is 0.409 e. The summed E-state index contributed by atoms with van der Waals surface area (Å²) in [5, 5.41) is 11.7. The van der Waals surface area contributed by atoms with Crippen LogP contribution in [0.5, 0.6) is 0 Å². The van der Waals surface area contributed by atoms with Crippen LogP contribution in [0, 0.1) is 11.8 Å². The van der Waals surface area contributed by atoms with Crippen LogP contribution in [0.3, 0.4) is 0 Å². The molecule has 90 valence electrons. The molecule has 1 amide bonds. The molecule has 1 aliphatic heterocycles. The Hall–Kier alpha value is -1.26. The smallest absolute Gasteiger partial charge is 0.222 e. The van der Waals surface area contributed by atoms with Gasteiger partial charge in [0.15, 0.2) is 0 Å². The fourth-order valence-electron chi connectivity index (χ4n) is 2.22. The van der Waals surface area contributed by atoms with E-state index in [1.54, 1.807) is 0 Å². The molecule has 0 aromatic heterocycles. The number of carbonyl (C=O) groups is 1. The Morgan fingerprint density at radius 3 is 2.81 bits per heavy atom. The molecule has 0 radical (unpaired) electrons.